The molecule has 0 aromatic heterocycles. The molecule has 1 aliphatic heterocycles. The van der Waals surface area contributed by atoms with Gasteiger partial charge in [0.25, 0.3) is 0 Å². The lowest BCUT2D eigenvalue weighted by molar-refractivity contribution is -0.134. The van der Waals surface area contributed by atoms with Crippen molar-refractivity contribution in [3.05, 3.63) is 54.1 Å². The number of thioether (sulfide) groups is 1. The van der Waals surface area contributed by atoms with Gasteiger partial charge in [-0.25, -0.2) is 9.80 Å². The number of aliphatic carboxylic acids is 1. The summed E-state index contributed by atoms with van der Waals surface area (Å²) >= 11 is 1.16. The molecule has 1 heterocycles. The van der Waals surface area contributed by atoms with Crippen molar-refractivity contribution >= 4 is 52.5 Å². The topological polar surface area (TPSA) is 233 Å². The Hall–Kier alpha value is -3.90. The molecule has 3 aliphatic rings. The van der Waals surface area contributed by atoms with E-state index in [4.69, 9.17) is 30.6 Å². The first kappa shape index (κ1) is 42.8. The van der Waals surface area contributed by atoms with E-state index in [0.29, 0.717) is 16.3 Å². The molecular formula is C38H53N5O10S. The predicted molar refractivity (Wildman–Crippen MR) is 204 cm³/mol. The molecular weight excluding hydrogens is 719 g/mol. The second-order valence-corrected chi connectivity index (χ2v) is 14.9. The number of carboxylic acids is 1. The van der Waals surface area contributed by atoms with Crippen LogP contribution in [0.15, 0.2) is 58.5 Å². The summed E-state index contributed by atoms with van der Waals surface area (Å²) in [6, 6.07) is 14.1. The number of hydrogen-bond donors (Lipinski definition) is 8. The minimum absolute atomic E-state index is 0.0417. The molecule has 2 aromatic rings. The summed E-state index contributed by atoms with van der Waals surface area (Å²) in [6.07, 6.45) is 3.36. The number of Topliss-reactive ketones (excluding diaryl/α,β-unsaturated/α-hetero) is 1. The van der Waals surface area contributed by atoms with E-state index in [2.05, 4.69) is 10.6 Å². The fraction of sp³-hybridized carbons (Fsp3) is 0.553. The molecule has 4 atom stereocenters. The lowest BCUT2D eigenvalue weighted by Gasteiger charge is -2.26. The number of carbonyl (C=O) groups excluding carboxylic acids is 3. The van der Waals surface area contributed by atoms with E-state index in [0.717, 1.165) is 74.4 Å². The summed E-state index contributed by atoms with van der Waals surface area (Å²) in [4.78, 5) is 53.7. The predicted octanol–water partition coefficient (Wildman–Crippen LogP) is 2.43. The van der Waals surface area contributed by atoms with Crippen molar-refractivity contribution in [1.82, 2.24) is 10.3 Å². The van der Waals surface area contributed by atoms with E-state index in [-0.39, 0.29) is 43.0 Å². The third-order valence-electron chi connectivity index (χ3n) is 9.78. The van der Waals surface area contributed by atoms with Crippen LogP contribution in [0.5, 0.6) is 0 Å². The van der Waals surface area contributed by atoms with E-state index in [1.54, 1.807) is 31.3 Å². The maximum atomic E-state index is 14.0. The van der Waals surface area contributed by atoms with Crippen LogP contribution in [0.3, 0.4) is 0 Å². The molecule has 0 unspecified atom stereocenters. The van der Waals surface area contributed by atoms with Crippen LogP contribution < -0.4 is 15.5 Å². The number of rotatable bonds is 16. The van der Waals surface area contributed by atoms with Crippen molar-refractivity contribution in [1.29, 1.82) is 0 Å². The van der Waals surface area contributed by atoms with Crippen molar-refractivity contribution < 1.29 is 49.8 Å². The van der Waals surface area contributed by atoms with Crippen LogP contribution in [-0.4, -0.2) is 129 Å². The second kappa shape index (κ2) is 21.3. The molecule has 2 saturated carbocycles. The van der Waals surface area contributed by atoms with Gasteiger partial charge in [-0.3, -0.25) is 19.3 Å². The third kappa shape index (κ3) is 12.1. The molecule has 54 heavy (non-hydrogen) atoms. The maximum Gasteiger partial charge on any atom is 0.345 e. The number of urea groups is 1. The lowest BCUT2D eigenvalue weighted by atomic mass is 9.83. The number of carbonyl (C=O) groups is 4. The van der Waals surface area contributed by atoms with Crippen LogP contribution in [0.2, 0.25) is 0 Å². The molecule has 0 bridgehead atoms. The van der Waals surface area contributed by atoms with Gasteiger partial charge in [0.05, 0.1) is 36.4 Å². The highest BCUT2D eigenvalue weighted by Gasteiger charge is 2.36. The van der Waals surface area contributed by atoms with E-state index >= 15 is 0 Å². The highest BCUT2D eigenvalue weighted by molar-refractivity contribution is 8.00. The Morgan fingerprint density at radius 3 is 2.22 bits per heavy atom. The summed E-state index contributed by atoms with van der Waals surface area (Å²) in [5.74, 6) is -1.27. The molecule has 2 aliphatic carbocycles. The molecule has 5 rings (SSSR count). The minimum Gasteiger partial charge on any atom is -0.481 e. The SMILES string of the molecule is CNC[C@H](O)[C@@H](O)[C@H](O)[C@H](O)CO.O=C(O)CSc1cccc(NC(=O)CN2N=C(C3CCCCC3)c3ccccc3N(CC(=O)C3CCCC3)C2=O)c1. The summed E-state index contributed by atoms with van der Waals surface area (Å²) < 4.78 is 0. The Balaban J connectivity index is 0.000000428. The van der Waals surface area contributed by atoms with Gasteiger partial charge in [-0.15, -0.1) is 11.8 Å². The summed E-state index contributed by atoms with van der Waals surface area (Å²) in [5.41, 5.74) is 2.81. The second-order valence-electron chi connectivity index (χ2n) is 13.8. The Bertz CT molecular complexity index is 1600. The Morgan fingerprint density at radius 2 is 1.56 bits per heavy atom. The van der Waals surface area contributed by atoms with Gasteiger partial charge in [0.2, 0.25) is 5.91 Å². The van der Waals surface area contributed by atoms with Crippen LogP contribution in [0.25, 0.3) is 0 Å². The fourth-order valence-electron chi connectivity index (χ4n) is 6.90. The zero-order chi connectivity index (χ0) is 39.2. The summed E-state index contributed by atoms with van der Waals surface area (Å²) in [7, 11) is 1.57. The number of anilines is 2. The number of likely N-dealkylation sites (N-methyl/N-ethyl adjacent to an activating group) is 1. The zero-order valence-corrected chi connectivity index (χ0v) is 31.4. The number of para-hydroxylation sites is 1. The van der Waals surface area contributed by atoms with E-state index in [1.807, 2.05) is 24.3 Å². The van der Waals surface area contributed by atoms with Gasteiger partial charge in [-0.2, -0.15) is 5.10 Å². The highest BCUT2D eigenvalue weighted by atomic mass is 32.2. The fourth-order valence-corrected chi connectivity index (χ4v) is 7.57. The van der Waals surface area contributed by atoms with Crippen molar-refractivity contribution in [3.63, 3.8) is 0 Å². The number of benzene rings is 2. The molecule has 0 saturated heterocycles. The van der Waals surface area contributed by atoms with Crippen LogP contribution in [-0.2, 0) is 14.4 Å². The van der Waals surface area contributed by atoms with Crippen LogP contribution >= 0.6 is 11.8 Å². The van der Waals surface area contributed by atoms with Gasteiger partial charge in [0, 0.05) is 34.5 Å². The van der Waals surface area contributed by atoms with Crippen LogP contribution in [0.1, 0.15) is 63.4 Å². The number of aliphatic hydroxyl groups excluding tert-OH is 5. The number of nitrogens with one attached hydrogen (secondary N) is 2. The Morgan fingerprint density at radius 1 is 0.889 bits per heavy atom. The van der Waals surface area contributed by atoms with E-state index < -0.39 is 48.9 Å². The van der Waals surface area contributed by atoms with Gasteiger partial charge >= 0.3 is 12.0 Å². The molecule has 0 radical (unpaired) electrons. The Kier molecular flexibility index (Phi) is 16.9. The molecule has 8 N–H and O–H groups in total. The number of ketones is 1. The van der Waals surface area contributed by atoms with Crippen molar-refractivity contribution in [2.24, 2.45) is 16.9 Å². The number of aliphatic hydroxyl groups is 5. The first-order valence-corrected chi connectivity index (χ1v) is 19.4. The van der Waals surface area contributed by atoms with Crippen LogP contribution in [0.4, 0.5) is 16.2 Å². The number of fused-ring (bicyclic) bond motifs is 1. The maximum absolute atomic E-state index is 14.0. The normalized spacial score (nSPS) is 18.7. The van der Waals surface area contributed by atoms with Crippen molar-refractivity contribution in [3.8, 4) is 0 Å². The van der Waals surface area contributed by atoms with Crippen molar-refractivity contribution in [2.45, 2.75) is 87.1 Å². The largest absolute Gasteiger partial charge is 0.481 e. The number of nitrogens with zero attached hydrogens (tertiary/aromatic N) is 3. The summed E-state index contributed by atoms with van der Waals surface area (Å²) in [6.45, 7) is -0.931. The zero-order valence-electron chi connectivity index (χ0n) is 30.5. The number of hydrazone groups is 1. The van der Waals surface area contributed by atoms with Gasteiger partial charge in [-0.1, -0.05) is 56.4 Å². The summed E-state index contributed by atoms with van der Waals surface area (Å²) in [5, 5.41) is 65.3. The molecule has 296 valence electrons. The van der Waals surface area contributed by atoms with E-state index in [1.165, 1.54) is 16.3 Å². The minimum atomic E-state index is -1.55. The average molecular weight is 772 g/mol. The van der Waals surface area contributed by atoms with Gasteiger partial charge < -0.3 is 41.3 Å². The quantitative estimate of drug-likeness (QED) is 0.115. The lowest BCUT2D eigenvalue weighted by Crippen LogP contribution is -2.48. The monoisotopic (exact) mass is 771 g/mol. The van der Waals surface area contributed by atoms with Crippen molar-refractivity contribution in [2.75, 3.05) is 49.3 Å². The van der Waals surface area contributed by atoms with Gasteiger partial charge in [-0.05, 0) is 57.0 Å². The van der Waals surface area contributed by atoms with Gasteiger partial charge in [0.1, 0.15) is 24.9 Å². The van der Waals surface area contributed by atoms with Crippen LogP contribution in [0, 0.1) is 11.8 Å². The van der Waals surface area contributed by atoms with Gasteiger partial charge in [0.15, 0.2) is 5.78 Å². The first-order chi connectivity index (χ1) is 25.9. The molecule has 2 aromatic carbocycles. The Labute approximate surface area is 319 Å². The first-order valence-electron chi connectivity index (χ1n) is 18.4. The molecule has 3 amide bonds. The molecule has 15 nitrogen and oxygen atoms in total. The smallest absolute Gasteiger partial charge is 0.345 e. The third-order valence-corrected chi connectivity index (χ3v) is 10.8. The average Bonchev–Trinajstić information content (AvgIpc) is 3.70. The number of carboxylic acid groups (broad SMARTS) is 1. The van der Waals surface area contributed by atoms with E-state index in [9.17, 15) is 24.3 Å². The molecule has 2 fully saturated rings. The highest BCUT2D eigenvalue weighted by Crippen LogP contribution is 2.35. The number of hydrogen-bond acceptors (Lipinski definition) is 12. The molecule has 16 heteroatoms. The standard InChI is InChI=1S/C31H36N4O5S.C7H17NO5/c36-27(21-9-4-5-10-21)18-34-26-16-7-6-15-25(26)30(22-11-2-1-3-12-22)33-35(31(34)40)19-28(37)32-23-13-8-14-24(17-23)41-20-29(38)39;1-8-2-4(10)6(12)7(13)5(11)3-9/h6-8,13-17,21-22H,1-5,9-12,18-20H2,(H,32,37)(H,38,39);4-13H,2-3H2,1H3/t;4-,5+,6+,7+/m.0/s1. The number of amides is 3. The molecule has 0 spiro atoms.